The lowest BCUT2D eigenvalue weighted by Gasteiger charge is -2.35. The van der Waals surface area contributed by atoms with Gasteiger partial charge in [0.15, 0.2) is 0 Å². The minimum atomic E-state index is -4.41. The third-order valence-corrected chi connectivity index (χ3v) is 7.23. The molecule has 0 saturated carbocycles. The highest BCUT2D eigenvalue weighted by Gasteiger charge is 2.33. The van der Waals surface area contributed by atoms with Crippen LogP contribution in [0, 0.1) is 5.92 Å². The maximum absolute atomic E-state index is 13.3. The molecule has 1 aromatic heterocycles. The first-order chi connectivity index (χ1) is 18.2. The summed E-state index contributed by atoms with van der Waals surface area (Å²) in [5.74, 6) is 0.978. The molecule has 7 nitrogen and oxygen atoms in total. The number of nitrogens with zero attached hydrogens (tertiary/aromatic N) is 5. The topological polar surface area (TPSA) is 74.2 Å². The Bertz CT molecular complexity index is 1190. The number of aromatic nitrogens is 3. The van der Waals surface area contributed by atoms with Crippen LogP contribution in [0.1, 0.15) is 50.4 Å². The molecule has 3 heterocycles. The Morgan fingerprint density at radius 3 is 2.53 bits per heavy atom. The Morgan fingerprint density at radius 2 is 1.92 bits per heavy atom. The second-order valence-electron chi connectivity index (χ2n) is 9.67. The van der Waals surface area contributed by atoms with Crippen LogP contribution in [0.15, 0.2) is 47.2 Å². The molecule has 0 spiro atoms. The van der Waals surface area contributed by atoms with E-state index in [0.29, 0.717) is 58.9 Å². The predicted octanol–water partition coefficient (Wildman–Crippen LogP) is 5.25. The number of alkyl halides is 3. The zero-order valence-corrected chi connectivity index (χ0v) is 22.3. The minimum Gasteiger partial charge on any atom is -0.394 e. The Kier molecular flexibility index (Phi) is 8.91. The van der Waals surface area contributed by atoms with Gasteiger partial charge in [0.05, 0.1) is 0 Å². The Balaban J connectivity index is 1.62. The molecule has 2 aliphatic heterocycles. The third kappa shape index (κ3) is 6.64. The SMILES string of the molecule is CN/C=C\C(=C(/C)Cl)c1nc(N2CCC(CC(=O)N3CCC3)CC2)nnc1C1=CC=C(C(F)(F)F)CC=C1. The van der Waals surface area contributed by atoms with Gasteiger partial charge in [-0.25, -0.2) is 4.98 Å². The molecule has 1 aliphatic carbocycles. The summed E-state index contributed by atoms with van der Waals surface area (Å²) in [6, 6.07) is 0. The number of anilines is 1. The second kappa shape index (κ2) is 12.1. The van der Waals surface area contributed by atoms with Gasteiger partial charge in [0.25, 0.3) is 0 Å². The maximum Gasteiger partial charge on any atom is 0.412 e. The van der Waals surface area contributed by atoms with E-state index in [-0.39, 0.29) is 12.3 Å². The van der Waals surface area contributed by atoms with Gasteiger partial charge in [-0.1, -0.05) is 35.9 Å². The van der Waals surface area contributed by atoms with Gasteiger partial charge in [0.1, 0.15) is 11.4 Å². The number of amides is 1. The van der Waals surface area contributed by atoms with Gasteiger partial charge >= 0.3 is 6.18 Å². The first-order valence-corrected chi connectivity index (χ1v) is 13.2. The van der Waals surface area contributed by atoms with E-state index < -0.39 is 11.7 Å². The highest BCUT2D eigenvalue weighted by atomic mass is 35.5. The standard InChI is InChI=1S/C27H32ClF3N6O/c1-18(28)22(9-12-32-2)25-24(20-5-3-6-21(8-7-20)27(29,30)31)34-35-26(33-25)37-15-10-19(11-16-37)17-23(38)36-13-4-14-36/h3,5,7-9,12,19,32H,4,6,10-11,13-17H2,1-2H3/b12-9-,22-18-. The number of carbonyl (C=O) groups excluding carboxylic acids is 1. The first-order valence-electron chi connectivity index (χ1n) is 12.8. The summed E-state index contributed by atoms with van der Waals surface area (Å²) in [4.78, 5) is 21.1. The van der Waals surface area contributed by atoms with E-state index in [9.17, 15) is 18.0 Å². The number of likely N-dealkylation sites (tertiary alicyclic amines) is 1. The molecule has 1 amide bonds. The monoisotopic (exact) mass is 548 g/mol. The summed E-state index contributed by atoms with van der Waals surface area (Å²) in [5, 5.41) is 12.2. The zero-order chi connectivity index (χ0) is 27.3. The van der Waals surface area contributed by atoms with Crippen molar-refractivity contribution in [3.8, 4) is 0 Å². The van der Waals surface area contributed by atoms with E-state index in [1.54, 1.807) is 32.3 Å². The Hall–Kier alpha value is -3.14. The number of piperidine rings is 1. The molecule has 204 valence electrons. The molecule has 1 N–H and O–H groups in total. The highest BCUT2D eigenvalue weighted by Crippen LogP contribution is 2.34. The molecule has 2 saturated heterocycles. The number of rotatable bonds is 7. The van der Waals surface area contributed by atoms with Crippen LogP contribution in [0.5, 0.6) is 0 Å². The van der Waals surface area contributed by atoms with Gasteiger partial charge in [-0.15, -0.1) is 10.2 Å². The number of nitrogens with one attached hydrogen (secondary N) is 1. The molecule has 38 heavy (non-hydrogen) atoms. The minimum absolute atomic E-state index is 0.232. The molecule has 3 aliphatic rings. The lowest BCUT2D eigenvalue weighted by Crippen LogP contribution is -2.44. The molecule has 1 aromatic rings. The molecule has 0 unspecified atom stereocenters. The van der Waals surface area contributed by atoms with Crippen LogP contribution in [0.2, 0.25) is 0 Å². The summed E-state index contributed by atoms with van der Waals surface area (Å²) in [6.45, 7) is 4.82. The van der Waals surface area contributed by atoms with E-state index in [4.69, 9.17) is 16.6 Å². The lowest BCUT2D eigenvalue weighted by atomic mass is 9.92. The van der Waals surface area contributed by atoms with Crippen LogP contribution < -0.4 is 10.2 Å². The quantitative estimate of drug-likeness (QED) is 0.469. The number of allylic oxidation sites excluding steroid dienone is 9. The largest absolute Gasteiger partial charge is 0.412 e. The molecule has 11 heteroatoms. The fourth-order valence-corrected chi connectivity index (χ4v) is 4.78. The Labute approximate surface area is 225 Å². The van der Waals surface area contributed by atoms with Crippen LogP contribution in [-0.4, -0.2) is 65.4 Å². The van der Waals surface area contributed by atoms with Gasteiger partial charge in [-0.05, 0) is 50.8 Å². The van der Waals surface area contributed by atoms with Crippen molar-refractivity contribution in [2.75, 3.05) is 38.1 Å². The van der Waals surface area contributed by atoms with Gasteiger partial charge in [-0.3, -0.25) is 4.79 Å². The fourth-order valence-electron chi connectivity index (χ4n) is 4.63. The van der Waals surface area contributed by atoms with Crippen molar-refractivity contribution in [3.63, 3.8) is 0 Å². The highest BCUT2D eigenvalue weighted by molar-refractivity contribution is 6.32. The number of halogens is 4. The van der Waals surface area contributed by atoms with Crippen molar-refractivity contribution in [1.29, 1.82) is 0 Å². The van der Waals surface area contributed by atoms with E-state index in [0.717, 1.165) is 38.4 Å². The van der Waals surface area contributed by atoms with E-state index in [2.05, 4.69) is 15.5 Å². The van der Waals surface area contributed by atoms with Crippen LogP contribution in [0.25, 0.3) is 11.1 Å². The van der Waals surface area contributed by atoms with Crippen LogP contribution >= 0.6 is 11.6 Å². The van der Waals surface area contributed by atoms with Crippen LogP contribution in [-0.2, 0) is 4.79 Å². The number of hydrogen-bond donors (Lipinski definition) is 1. The maximum atomic E-state index is 13.3. The van der Waals surface area contributed by atoms with Crippen LogP contribution in [0.3, 0.4) is 0 Å². The van der Waals surface area contributed by atoms with Gasteiger partial charge in [0, 0.05) is 61.4 Å². The molecule has 0 atom stereocenters. The Morgan fingerprint density at radius 1 is 1.18 bits per heavy atom. The van der Waals surface area contributed by atoms with Crippen molar-refractivity contribution in [2.24, 2.45) is 5.92 Å². The first kappa shape index (κ1) is 27.9. The lowest BCUT2D eigenvalue weighted by molar-refractivity contribution is -0.135. The second-order valence-corrected chi connectivity index (χ2v) is 10.2. The molecular formula is C27H32ClF3N6O. The molecule has 4 rings (SSSR count). The third-order valence-electron chi connectivity index (χ3n) is 7.02. The van der Waals surface area contributed by atoms with Gasteiger partial charge < -0.3 is 15.1 Å². The van der Waals surface area contributed by atoms with Crippen molar-refractivity contribution in [1.82, 2.24) is 25.4 Å². The molecule has 0 radical (unpaired) electrons. The van der Waals surface area contributed by atoms with E-state index in [1.165, 1.54) is 12.2 Å². The normalized spacial score (nSPS) is 19.5. The number of carbonyl (C=O) groups is 1. The van der Waals surface area contributed by atoms with E-state index in [1.807, 2.05) is 9.80 Å². The van der Waals surface area contributed by atoms with Crippen molar-refractivity contribution < 1.29 is 18.0 Å². The van der Waals surface area contributed by atoms with Gasteiger partial charge in [0.2, 0.25) is 11.9 Å². The summed E-state index contributed by atoms with van der Waals surface area (Å²) >= 11 is 6.45. The average Bonchev–Trinajstić information content (AvgIpc) is 3.10. The van der Waals surface area contributed by atoms with Gasteiger partial charge in [-0.2, -0.15) is 13.2 Å². The van der Waals surface area contributed by atoms with E-state index >= 15 is 0 Å². The predicted molar refractivity (Wildman–Crippen MR) is 143 cm³/mol. The molecule has 2 fully saturated rings. The summed E-state index contributed by atoms with van der Waals surface area (Å²) < 4.78 is 39.8. The summed E-state index contributed by atoms with van der Waals surface area (Å²) in [6.07, 6.45) is 7.68. The van der Waals surface area contributed by atoms with Crippen molar-refractivity contribution >= 4 is 34.6 Å². The van der Waals surface area contributed by atoms with Crippen molar-refractivity contribution in [2.45, 2.75) is 45.2 Å². The number of hydrogen-bond acceptors (Lipinski definition) is 6. The van der Waals surface area contributed by atoms with Crippen molar-refractivity contribution in [3.05, 3.63) is 58.6 Å². The smallest absolute Gasteiger partial charge is 0.394 e. The molecule has 0 aromatic carbocycles. The molecular weight excluding hydrogens is 517 g/mol. The summed E-state index contributed by atoms with van der Waals surface area (Å²) in [5.41, 5.74) is 1.18. The molecule has 0 bridgehead atoms. The zero-order valence-electron chi connectivity index (χ0n) is 21.6. The summed E-state index contributed by atoms with van der Waals surface area (Å²) in [7, 11) is 1.75. The average molecular weight is 549 g/mol. The fraction of sp³-hybridized carbons (Fsp3) is 0.481. The van der Waals surface area contributed by atoms with Crippen LogP contribution in [0.4, 0.5) is 19.1 Å².